The largest absolute Gasteiger partial charge is 0.380 e. The van der Waals surface area contributed by atoms with Crippen LogP contribution in [0.15, 0.2) is 72.8 Å². The predicted molar refractivity (Wildman–Crippen MR) is 150 cm³/mol. The molecule has 2 unspecified atom stereocenters. The fraction of sp³-hybridized carbons (Fsp3) is 0.455. The molecule has 0 N–H and O–H groups in total. The van der Waals surface area contributed by atoms with E-state index in [0.717, 1.165) is 25.7 Å². The van der Waals surface area contributed by atoms with Gasteiger partial charge in [-0.15, -0.1) is 0 Å². The monoisotopic (exact) mass is 488 g/mol. The first kappa shape index (κ1) is 28.1. The molecule has 3 nitrogen and oxygen atoms in total. The van der Waals surface area contributed by atoms with Gasteiger partial charge in [0.2, 0.25) is 0 Å². The lowest BCUT2D eigenvalue weighted by molar-refractivity contribution is 0.185. The summed E-state index contributed by atoms with van der Waals surface area (Å²) in [5, 5.41) is 0. The van der Waals surface area contributed by atoms with Crippen LogP contribution in [-0.4, -0.2) is 21.3 Å². The second-order valence-corrected chi connectivity index (χ2v) is 9.90. The molecule has 0 aliphatic carbocycles. The Labute approximate surface area is 218 Å². The second kappa shape index (κ2) is 14.9. The van der Waals surface area contributed by atoms with Crippen LogP contribution in [0.4, 0.5) is 0 Å². The van der Waals surface area contributed by atoms with Crippen molar-refractivity contribution < 1.29 is 14.2 Å². The minimum Gasteiger partial charge on any atom is -0.380 e. The Balaban J connectivity index is 1.86. The van der Waals surface area contributed by atoms with Gasteiger partial charge in [-0.25, -0.2) is 0 Å². The van der Waals surface area contributed by atoms with E-state index in [1.165, 1.54) is 33.4 Å². The van der Waals surface area contributed by atoms with Crippen LogP contribution in [0.3, 0.4) is 0 Å². The van der Waals surface area contributed by atoms with E-state index in [4.69, 9.17) is 14.2 Å². The summed E-state index contributed by atoms with van der Waals surface area (Å²) in [7, 11) is 5.26. The number of rotatable bonds is 15. The molecule has 0 saturated carbocycles. The quantitative estimate of drug-likeness (QED) is 0.215. The van der Waals surface area contributed by atoms with E-state index in [1.807, 2.05) is 0 Å². The average Bonchev–Trinajstić information content (AvgIpc) is 2.91. The van der Waals surface area contributed by atoms with Gasteiger partial charge in [0.05, 0.1) is 19.8 Å². The first-order valence-electron chi connectivity index (χ1n) is 13.3. The van der Waals surface area contributed by atoms with Gasteiger partial charge in [0.25, 0.3) is 0 Å². The maximum Gasteiger partial charge on any atom is 0.0713 e. The fourth-order valence-corrected chi connectivity index (χ4v) is 5.29. The molecule has 0 fully saturated rings. The molecule has 3 rings (SSSR count). The van der Waals surface area contributed by atoms with E-state index >= 15 is 0 Å². The molecule has 0 aliphatic rings. The Morgan fingerprint density at radius 3 is 0.972 bits per heavy atom. The molecular formula is C33H44O3. The Morgan fingerprint density at radius 1 is 0.444 bits per heavy atom. The van der Waals surface area contributed by atoms with Gasteiger partial charge < -0.3 is 14.2 Å². The van der Waals surface area contributed by atoms with Gasteiger partial charge in [-0.2, -0.15) is 0 Å². The number of benzene rings is 3. The molecule has 0 spiro atoms. The molecule has 0 heterocycles. The molecule has 3 aromatic carbocycles. The van der Waals surface area contributed by atoms with Crippen molar-refractivity contribution in [2.24, 2.45) is 0 Å². The van der Waals surface area contributed by atoms with Gasteiger partial charge in [0.1, 0.15) is 0 Å². The minimum atomic E-state index is 0.480. The molecule has 0 aromatic heterocycles. The maximum atomic E-state index is 5.34. The fourth-order valence-electron chi connectivity index (χ4n) is 5.29. The average molecular weight is 489 g/mol. The van der Waals surface area contributed by atoms with E-state index in [1.54, 1.807) is 21.3 Å². The lowest BCUT2D eigenvalue weighted by Crippen LogP contribution is -2.11. The molecule has 0 amide bonds. The Morgan fingerprint density at radius 2 is 0.722 bits per heavy atom. The molecule has 0 radical (unpaired) electrons. The third kappa shape index (κ3) is 8.03. The van der Waals surface area contributed by atoms with Crippen LogP contribution in [0.2, 0.25) is 0 Å². The highest BCUT2D eigenvalue weighted by atomic mass is 16.5. The third-order valence-corrected chi connectivity index (χ3v) is 7.41. The highest BCUT2D eigenvalue weighted by Crippen LogP contribution is 2.40. The molecule has 3 aromatic rings. The smallest absolute Gasteiger partial charge is 0.0713 e. The first-order chi connectivity index (χ1) is 17.6. The number of hydrogen-bond donors (Lipinski definition) is 0. The van der Waals surface area contributed by atoms with Gasteiger partial charge in [-0.1, -0.05) is 86.6 Å². The van der Waals surface area contributed by atoms with Gasteiger partial charge in [-0.05, 0) is 76.8 Å². The van der Waals surface area contributed by atoms with E-state index in [2.05, 4.69) is 86.6 Å². The Kier molecular flexibility index (Phi) is 11.7. The van der Waals surface area contributed by atoms with Gasteiger partial charge in [0, 0.05) is 21.3 Å². The summed E-state index contributed by atoms with van der Waals surface area (Å²) in [5.41, 5.74) is 7.96. The summed E-state index contributed by atoms with van der Waals surface area (Å²) in [5.74, 6) is 1.52. The normalized spacial score (nSPS) is 13.9. The van der Waals surface area contributed by atoms with Crippen molar-refractivity contribution in [3.63, 3.8) is 0 Å². The summed E-state index contributed by atoms with van der Waals surface area (Å²) in [6.07, 6.45) is 4.54. The third-order valence-electron chi connectivity index (χ3n) is 7.41. The van der Waals surface area contributed by atoms with Crippen LogP contribution in [0.5, 0.6) is 0 Å². The van der Waals surface area contributed by atoms with E-state index < -0.39 is 0 Å². The topological polar surface area (TPSA) is 27.7 Å². The molecule has 0 aliphatic heterocycles. The molecule has 0 bridgehead atoms. The van der Waals surface area contributed by atoms with Gasteiger partial charge in [-0.3, -0.25) is 0 Å². The Hall–Kier alpha value is -2.46. The minimum absolute atomic E-state index is 0.480. The van der Waals surface area contributed by atoms with Crippen LogP contribution in [0.25, 0.3) is 0 Å². The number of hydrogen-bond acceptors (Lipinski definition) is 3. The molecule has 0 saturated heterocycles. The number of methoxy groups -OCH3 is 3. The predicted octanol–water partition coefficient (Wildman–Crippen LogP) is 8.38. The maximum absolute atomic E-state index is 5.34. The summed E-state index contributed by atoms with van der Waals surface area (Å²) in [4.78, 5) is 0. The van der Waals surface area contributed by atoms with Crippen molar-refractivity contribution in [2.45, 2.75) is 77.1 Å². The van der Waals surface area contributed by atoms with Crippen LogP contribution in [0, 0.1) is 0 Å². The van der Waals surface area contributed by atoms with E-state index in [9.17, 15) is 0 Å². The van der Waals surface area contributed by atoms with Crippen LogP contribution >= 0.6 is 0 Å². The summed E-state index contributed by atoms with van der Waals surface area (Å²) >= 11 is 0. The van der Waals surface area contributed by atoms with Crippen molar-refractivity contribution in [2.75, 3.05) is 21.3 Å². The lowest BCUT2D eigenvalue weighted by Gasteiger charge is -2.28. The lowest BCUT2D eigenvalue weighted by atomic mass is 9.77. The zero-order chi connectivity index (χ0) is 25.8. The molecule has 3 heteroatoms. The number of ether oxygens (including phenoxy) is 3. The van der Waals surface area contributed by atoms with Gasteiger partial charge >= 0.3 is 0 Å². The standard InChI is InChI=1S/C33H44O3/c1-6-28(30-14-8-25(9-15-30)22-34-3)20-33(32-18-12-27(13-19-32)24-36-5)21-29(7-2)31-16-10-26(11-17-31)23-35-4/h8-19,28-29,33H,6-7,20-24H2,1-5H3. The van der Waals surface area contributed by atoms with Crippen molar-refractivity contribution in [1.29, 1.82) is 0 Å². The molecule has 2 atom stereocenters. The van der Waals surface area contributed by atoms with E-state index in [0.29, 0.717) is 37.6 Å². The van der Waals surface area contributed by atoms with Gasteiger partial charge in [0.15, 0.2) is 0 Å². The zero-order valence-corrected chi connectivity index (χ0v) is 22.8. The van der Waals surface area contributed by atoms with E-state index in [-0.39, 0.29) is 0 Å². The Bertz CT molecular complexity index is 933. The van der Waals surface area contributed by atoms with Crippen molar-refractivity contribution >= 4 is 0 Å². The van der Waals surface area contributed by atoms with Crippen LogP contribution in [0.1, 0.15) is 90.7 Å². The first-order valence-corrected chi connectivity index (χ1v) is 13.3. The summed E-state index contributed by atoms with van der Waals surface area (Å²) in [6, 6.07) is 27.2. The van der Waals surface area contributed by atoms with Crippen LogP contribution in [-0.2, 0) is 34.0 Å². The molecule has 36 heavy (non-hydrogen) atoms. The zero-order valence-electron chi connectivity index (χ0n) is 22.8. The summed E-state index contributed by atoms with van der Waals surface area (Å²) < 4.78 is 16.0. The highest BCUT2D eigenvalue weighted by molar-refractivity contribution is 5.30. The van der Waals surface area contributed by atoms with Crippen molar-refractivity contribution in [1.82, 2.24) is 0 Å². The molecular weight excluding hydrogens is 444 g/mol. The molecule has 194 valence electrons. The highest BCUT2D eigenvalue weighted by Gasteiger charge is 2.23. The van der Waals surface area contributed by atoms with Crippen LogP contribution < -0.4 is 0 Å². The summed E-state index contributed by atoms with van der Waals surface area (Å²) in [6.45, 7) is 6.61. The van der Waals surface area contributed by atoms with Crippen molar-refractivity contribution in [3.05, 3.63) is 106 Å². The van der Waals surface area contributed by atoms with Crippen molar-refractivity contribution in [3.8, 4) is 0 Å². The second-order valence-electron chi connectivity index (χ2n) is 9.90. The SMILES string of the molecule is CCC(CC(CC(CC)c1ccc(COC)cc1)c1ccc(COC)cc1)c1ccc(COC)cc1.